The van der Waals surface area contributed by atoms with E-state index >= 15 is 0 Å². The van der Waals surface area contributed by atoms with Crippen LogP contribution in [-0.4, -0.2) is 22.7 Å². The van der Waals surface area contributed by atoms with Crippen molar-refractivity contribution in [3.63, 3.8) is 0 Å². The maximum atomic E-state index is 13.4. The largest absolute Gasteiger partial charge is 0.396 e. The molecule has 1 rings (SSSR count). The fourth-order valence-corrected chi connectivity index (χ4v) is 1.85. The molecule has 19 heavy (non-hydrogen) atoms. The summed E-state index contributed by atoms with van der Waals surface area (Å²) in [6, 6.07) is 2.25. The number of nitro benzene ring substituents is 1. The Morgan fingerprint density at radius 1 is 1.47 bits per heavy atom. The van der Waals surface area contributed by atoms with Gasteiger partial charge in [-0.3, -0.25) is 10.1 Å². The van der Waals surface area contributed by atoms with E-state index in [2.05, 4.69) is 5.32 Å². The van der Waals surface area contributed by atoms with E-state index in [-0.39, 0.29) is 29.9 Å². The van der Waals surface area contributed by atoms with Crippen molar-refractivity contribution in [2.75, 3.05) is 11.9 Å². The highest BCUT2D eigenvalue weighted by Gasteiger charge is 2.21. The van der Waals surface area contributed by atoms with Crippen molar-refractivity contribution in [3.8, 4) is 0 Å². The van der Waals surface area contributed by atoms with E-state index < -0.39 is 10.7 Å². The molecular formula is C13H19FN2O3. The summed E-state index contributed by atoms with van der Waals surface area (Å²) in [6.07, 6.45) is 0.477. The minimum absolute atomic E-state index is 0.0101. The van der Waals surface area contributed by atoms with E-state index in [4.69, 9.17) is 5.11 Å². The molecular weight excluding hydrogens is 251 g/mol. The minimum Gasteiger partial charge on any atom is -0.396 e. The van der Waals surface area contributed by atoms with Crippen LogP contribution in [0.5, 0.6) is 0 Å². The lowest BCUT2D eigenvalue weighted by atomic mass is 10.0. The summed E-state index contributed by atoms with van der Waals surface area (Å²) in [6.45, 7) is 5.45. The summed E-state index contributed by atoms with van der Waals surface area (Å²) in [5, 5.41) is 23.0. The number of aliphatic hydroxyl groups excluding tert-OH is 1. The fourth-order valence-electron chi connectivity index (χ4n) is 1.85. The molecule has 0 radical (unpaired) electrons. The predicted molar refractivity (Wildman–Crippen MR) is 71.7 cm³/mol. The van der Waals surface area contributed by atoms with E-state index in [1.165, 1.54) is 6.07 Å². The lowest BCUT2D eigenvalue weighted by Crippen LogP contribution is -2.27. The molecule has 0 fully saturated rings. The van der Waals surface area contributed by atoms with Gasteiger partial charge in [0.15, 0.2) is 0 Å². The zero-order valence-electron chi connectivity index (χ0n) is 11.3. The van der Waals surface area contributed by atoms with Gasteiger partial charge in [-0.2, -0.15) is 0 Å². The van der Waals surface area contributed by atoms with Gasteiger partial charge in [-0.1, -0.05) is 13.8 Å². The highest BCUT2D eigenvalue weighted by molar-refractivity contribution is 5.63. The van der Waals surface area contributed by atoms with Gasteiger partial charge in [-0.05, 0) is 30.9 Å². The predicted octanol–water partition coefficient (Wildman–Crippen LogP) is 2.86. The van der Waals surface area contributed by atoms with Gasteiger partial charge in [0.25, 0.3) is 5.69 Å². The van der Waals surface area contributed by atoms with Gasteiger partial charge in [0.05, 0.1) is 11.0 Å². The number of halogens is 1. The molecule has 1 aromatic rings. The van der Waals surface area contributed by atoms with Crippen molar-refractivity contribution in [1.29, 1.82) is 0 Å². The Bertz CT molecular complexity index is 463. The second-order valence-corrected chi connectivity index (χ2v) is 4.88. The molecule has 0 saturated heterocycles. The molecule has 0 aliphatic rings. The Balaban J connectivity index is 3.10. The quantitative estimate of drug-likeness (QED) is 0.615. The highest BCUT2D eigenvalue weighted by Crippen LogP contribution is 2.29. The van der Waals surface area contributed by atoms with Crippen LogP contribution in [0.1, 0.15) is 25.8 Å². The van der Waals surface area contributed by atoms with Crippen molar-refractivity contribution < 1.29 is 14.4 Å². The number of hydrogen-bond acceptors (Lipinski definition) is 4. The molecule has 2 N–H and O–H groups in total. The zero-order valence-corrected chi connectivity index (χ0v) is 11.3. The van der Waals surface area contributed by atoms with Crippen molar-refractivity contribution in [2.24, 2.45) is 5.92 Å². The minimum atomic E-state index is -0.610. The number of nitrogens with one attached hydrogen (secondary N) is 1. The Morgan fingerprint density at radius 3 is 2.58 bits per heavy atom. The van der Waals surface area contributed by atoms with Crippen LogP contribution in [0.2, 0.25) is 0 Å². The molecule has 0 spiro atoms. The second kappa shape index (κ2) is 6.47. The Labute approximate surface area is 111 Å². The van der Waals surface area contributed by atoms with E-state index in [0.717, 1.165) is 6.07 Å². The Morgan fingerprint density at radius 2 is 2.11 bits per heavy atom. The third-order valence-electron chi connectivity index (χ3n) is 3.06. The fraction of sp³-hybridized carbons (Fsp3) is 0.538. The molecule has 5 nitrogen and oxygen atoms in total. The molecule has 0 amide bonds. The third kappa shape index (κ3) is 3.89. The van der Waals surface area contributed by atoms with Crippen molar-refractivity contribution in [1.82, 2.24) is 0 Å². The van der Waals surface area contributed by atoms with Gasteiger partial charge < -0.3 is 10.4 Å². The molecule has 0 aromatic heterocycles. The molecule has 0 saturated carbocycles. The SMILES string of the molecule is Cc1cc(NC(CCO)C(C)C)c([N+](=O)[O-])cc1F. The standard InChI is InChI=1S/C13H19FN2O3/c1-8(2)11(4-5-17)15-12-6-9(3)10(14)7-13(12)16(18)19/h6-8,11,15,17H,4-5H2,1-3H3. The number of rotatable bonds is 6. The van der Waals surface area contributed by atoms with Crippen LogP contribution in [0.4, 0.5) is 15.8 Å². The van der Waals surface area contributed by atoms with Gasteiger partial charge in [-0.15, -0.1) is 0 Å². The first kappa shape index (κ1) is 15.4. The van der Waals surface area contributed by atoms with Gasteiger partial charge in [0.2, 0.25) is 0 Å². The number of nitrogens with zero attached hydrogens (tertiary/aromatic N) is 1. The summed E-state index contributed by atoms with van der Waals surface area (Å²) >= 11 is 0. The van der Waals surface area contributed by atoms with Gasteiger partial charge >= 0.3 is 0 Å². The normalized spacial score (nSPS) is 12.5. The molecule has 1 atom stereocenters. The maximum Gasteiger partial charge on any atom is 0.295 e. The van der Waals surface area contributed by atoms with E-state index in [1.807, 2.05) is 13.8 Å². The summed E-state index contributed by atoms with van der Waals surface area (Å²) in [7, 11) is 0. The van der Waals surface area contributed by atoms with Crippen LogP contribution in [0.3, 0.4) is 0 Å². The number of aliphatic hydroxyl groups is 1. The average Bonchev–Trinajstić information content (AvgIpc) is 2.32. The van der Waals surface area contributed by atoms with E-state index in [9.17, 15) is 14.5 Å². The topological polar surface area (TPSA) is 75.4 Å². The molecule has 1 unspecified atom stereocenters. The third-order valence-corrected chi connectivity index (χ3v) is 3.06. The summed E-state index contributed by atoms with van der Waals surface area (Å²) < 4.78 is 13.4. The molecule has 0 aliphatic carbocycles. The van der Waals surface area contributed by atoms with Gasteiger partial charge in [0.1, 0.15) is 11.5 Å². The first-order chi connectivity index (χ1) is 8.86. The highest BCUT2D eigenvalue weighted by atomic mass is 19.1. The Hall–Kier alpha value is -1.69. The Kier molecular flexibility index (Phi) is 5.23. The van der Waals surface area contributed by atoms with Gasteiger partial charge in [0, 0.05) is 12.6 Å². The molecule has 0 heterocycles. The molecule has 106 valence electrons. The number of anilines is 1. The van der Waals surface area contributed by atoms with Gasteiger partial charge in [-0.25, -0.2) is 4.39 Å². The second-order valence-electron chi connectivity index (χ2n) is 4.88. The van der Waals surface area contributed by atoms with E-state index in [0.29, 0.717) is 12.0 Å². The molecule has 0 aliphatic heterocycles. The molecule has 0 bridgehead atoms. The molecule has 1 aromatic carbocycles. The summed E-state index contributed by atoms with van der Waals surface area (Å²) in [5.41, 5.74) is 0.349. The number of nitro groups is 1. The number of benzene rings is 1. The van der Waals surface area contributed by atoms with Crippen LogP contribution >= 0.6 is 0 Å². The van der Waals surface area contributed by atoms with Crippen LogP contribution < -0.4 is 5.32 Å². The lowest BCUT2D eigenvalue weighted by molar-refractivity contribution is -0.384. The van der Waals surface area contributed by atoms with Crippen LogP contribution in [-0.2, 0) is 0 Å². The van der Waals surface area contributed by atoms with Crippen molar-refractivity contribution >= 4 is 11.4 Å². The van der Waals surface area contributed by atoms with E-state index in [1.54, 1.807) is 6.92 Å². The van der Waals surface area contributed by atoms with Crippen LogP contribution in [0, 0.1) is 28.8 Å². The zero-order chi connectivity index (χ0) is 14.6. The molecule has 6 heteroatoms. The van der Waals surface area contributed by atoms with Crippen LogP contribution in [0.15, 0.2) is 12.1 Å². The summed E-state index contributed by atoms with van der Waals surface area (Å²) in [5.74, 6) is -0.405. The lowest BCUT2D eigenvalue weighted by Gasteiger charge is -2.22. The summed E-state index contributed by atoms with van der Waals surface area (Å²) in [4.78, 5) is 10.3. The smallest absolute Gasteiger partial charge is 0.295 e. The monoisotopic (exact) mass is 270 g/mol. The number of hydrogen-bond donors (Lipinski definition) is 2. The van der Waals surface area contributed by atoms with Crippen LogP contribution in [0.25, 0.3) is 0 Å². The number of aryl methyl sites for hydroxylation is 1. The first-order valence-corrected chi connectivity index (χ1v) is 6.18. The van der Waals surface area contributed by atoms with Crippen molar-refractivity contribution in [2.45, 2.75) is 33.2 Å². The maximum absolute atomic E-state index is 13.4. The van der Waals surface area contributed by atoms with Crippen molar-refractivity contribution in [3.05, 3.63) is 33.6 Å². The average molecular weight is 270 g/mol. The first-order valence-electron chi connectivity index (χ1n) is 6.18.